The van der Waals surface area contributed by atoms with Gasteiger partial charge in [-0.05, 0) is 22.4 Å². The van der Waals surface area contributed by atoms with E-state index in [0.717, 1.165) is 40.7 Å². The Morgan fingerprint density at radius 3 is 2.93 bits per heavy atom. The van der Waals surface area contributed by atoms with Crippen molar-refractivity contribution in [2.75, 3.05) is 19.5 Å². The van der Waals surface area contributed by atoms with Crippen molar-refractivity contribution in [3.05, 3.63) is 16.5 Å². The minimum atomic E-state index is 0.805. The molecule has 1 aromatic rings. The molecule has 0 aliphatic heterocycles. The highest BCUT2D eigenvalue weighted by Crippen LogP contribution is 2.19. The van der Waals surface area contributed by atoms with Crippen molar-refractivity contribution in [2.24, 2.45) is 0 Å². The Balaban J connectivity index is 2.49. The van der Waals surface area contributed by atoms with Gasteiger partial charge in [-0.3, -0.25) is 0 Å². The van der Waals surface area contributed by atoms with Crippen LogP contribution in [0.25, 0.3) is 0 Å². The molecule has 0 aromatic carbocycles. The van der Waals surface area contributed by atoms with E-state index in [1.807, 2.05) is 6.07 Å². The molecule has 0 fully saturated rings. The Hall–Kier alpha value is -0.130. The highest BCUT2D eigenvalue weighted by Gasteiger charge is 2.01. The topological polar surface area (TPSA) is 35.0 Å². The molecule has 0 radical (unpaired) electrons. The highest BCUT2D eigenvalue weighted by atomic mass is 79.9. The zero-order valence-corrected chi connectivity index (χ0v) is 11.4. The van der Waals surface area contributed by atoms with E-state index >= 15 is 0 Å². The smallest absolute Gasteiger partial charge is 0.130 e. The van der Waals surface area contributed by atoms with Crippen LogP contribution in [-0.4, -0.2) is 29.4 Å². The number of methoxy groups -OCH3 is 1. The predicted molar refractivity (Wildman–Crippen MR) is 66.3 cm³/mol. The lowest BCUT2D eigenvalue weighted by molar-refractivity contribution is 0.200. The number of rotatable bonds is 6. The summed E-state index contributed by atoms with van der Waals surface area (Å²) in [5, 5.41) is 1.03. The Morgan fingerprint density at radius 1 is 1.47 bits per heavy atom. The molecule has 0 unspecified atom stereocenters. The summed E-state index contributed by atoms with van der Waals surface area (Å²) in [6.45, 7) is 2.86. The maximum absolute atomic E-state index is 4.99. The van der Waals surface area contributed by atoms with Gasteiger partial charge in [0, 0.05) is 32.0 Å². The summed E-state index contributed by atoms with van der Waals surface area (Å²) in [4.78, 5) is 8.70. The average Bonchev–Trinajstić information content (AvgIpc) is 2.23. The molecular formula is C10H15BrN2OS. The Morgan fingerprint density at radius 2 is 2.27 bits per heavy atom. The minimum absolute atomic E-state index is 0.805. The summed E-state index contributed by atoms with van der Waals surface area (Å²) in [5.74, 6) is 1.92. The first-order valence-electron chi connectivity index (χ1n) is 4.91. The molecule has 5 heteroatoms. The van der Waals surface area contributed by atoms with Crippen molar-refractivity contribution in [3.63, 3.8) is 0 Å². The lowest BCUT2D eigenvalue weighted by Gasteiger charge is -2.03. The van der Waals surface area contributed by atoms with Gasteiger partial charge >= 0.3 is 0 Å². The first-order chi connectivity index (χ1) is 7.26. The number of nitrogens with zero attached hydrogens (tertiary/aromatic N) is 2. The standard InChI is InChI=1S/C10H15BrN2OS/c1-3-9-12-8(11)7-10(13-9)15-6-4-5-14-2/h7H,3-6H2,1-2H3. The van der Waals surface area contributed by atoms with Crippen LogP contribution in [0.4, 0.5) is 0 Å². The Bertz CT molecular complexity index is 309. The monoisotopic (exact) mass is 290 g/mol. The second-order valence-corrected chi connectivity index (χ2v) is 4.92. The molecule has 0 spiro atoms. The Labute approximate surface area is 103 Å². The predicted octanol–water partition coefficient (Wildman–Crippen LogP) is 2.93. The van der Waals surface area contributed by atoms with Crippen molar-refractivity contribution in [3.8, 4) is 0 Å². The van der Waals surface area contributed by atoms with Gasteiger partial charge in [0.2, 0.25) is 0 Å². The van der Waals surface area contributed by atoms with Gasteiger partial charge in [0.05, 0.1) is 0 Å². The molecule has 1 aromatic heterocycles. The summed E-state index contributed by atoms with van der Waals surface area (Å²) in [5.41, 5.74) is 0. The lowest BCUT2D eigenvalue weighted by Crippen LogP contribution is -1.96. The third-order valence-corrected chi connectivity index (χ3v) is 3.18. The third-order valence-electron chi connectivity index (χ3n) is 1.78. The van der Waals surface area contributed by atoms with Gasteiger partial charge in [0.25, 0.3) is 0 Å². The van der Waals surface area contributed by atoms with Gasteiger partial charge < -0.3 is 4.74 Å². The van der Waals surface area contributed by atoms with Crippen molar-refractivity contribution in [1.82, 2.24) is 9.97 Å². The van der Waals surface area contributed by atoms with E-state index < -0.39 is 0 Å². The van der Waals surface area contributed by atoms with Gasteiger partial charge in [0.1, 0.15) is 15.5 Å². The number of halogens is 1. The largest absolute Gasteiger partial charge is 0.385 e. The van der Waals surface area contributed by atoms with E-state index in [2.05, 4.69) is 32.8 Å². The van der Waals surface area contributed by atoms with Crippen molar-refractivity contribution in [2.45, 2.75) is 24.8 Å². The van der Waals surface area contributed by atoms with Gasteiger partial charge in [-0.2, -0.15) is 0 Å². The molecule has 1 rings (SSSR count). The van der Waals surface area contributed by atoms with E-state index in [1.54, 1.807) is 18.9 Å². The zero-order chi connectivity index (χ0) is 11.1. The maximum Gasteiger partial charge on any atom is 0.130 e. The molecule has 0 saturated carbocycles. The van der Waals surface area contributed by atoms with Crippen LogP contribution in [0.1, 0.15) is 19.2 Å². The van der Waals surface area contributed by atoms with Crippen LogP contribution in [0, 0.1) is 0 Å². The molecule has 0 bridgehead atoms. The quantitative estimate of drug-likeness (QED) is 0.458. The summed E-state index contributed by atoms with van der Waals surface area (Å²) in [7, 11) is 1.72. The maximum atomic E-state index is 4.99. The summed E-state index contributed by atoms with van der Waals surface area (Å²) in [6.07, 6.45) is 1.91. The third kappa shape index (κ3) is 4.95. The van der Waals surface area contributed by atoms with Crippen LogP contribution in [0.5, 0.6) is 0 Å². The van der Waals surface area contributed by atoms with Crippen LogP contribution in [0.3, 0.4) is 0 Å². The fourth-order valence-corrected chi connectivity index (χ4v) is 2.46. The molecule has 0 aliphatic rings. The van der Waals surface area contributed by atoms with Crippen molar-refractivity contribution < 1.29 is 4.74 Å². The molecule has 0 aliphatic carbocycles. The fourth-order valence-electron chi connectivity index (χ4n) is 1.05. The van der Waals surface area contributed by atoms with Gasteiger partial charge in [0.15, 0.2) is 0 Å². The van der Waals surface area contributed by atoms with Crippen LogP contribution in [-0.2, 0) is 11.2 Å². The first kappa shape index (κ1) is 12.9. The molecule has 0 N–H and O–H groups in total. The molecule has 0 atom stereocenters. The summed E-state index contributed by atoms with van der Waals surface area (Å²) in [6, 6.07) is 1.95. The van der Waals surface area contributed by atoms with Crippen LogP contribution >= 0.6 is 27.7 Å². The van der Waals surface area contributed by atoms with E-state index in [9.17, 15) is 0 Å². The highest BCUT2D eigenvalue weighted by molar-refractivity contribution is 9.10. The van der Waals surface area contributed by atoms with Gasteiger partial charge in [-0.1, -0.05) is 6.92 Å². The first-order valence-corrected chi connectivity index (χ1v) is 6.69. The second-order valence-electron chi connectivity index (χ2n) is 2.99. The number of ether oxygens (including phenoxy) is 1. The lowest BCUT2D eigenvalue weighted by atomic mass is 10.4. The molecule has 0 saturated heterocycles. The van der Waals surface area contributed by atoms with Crippen LogP contribution in [0.15, 0.2) is 15.7 Å². The van der Waals surface area contributed by atoms with Crippen molar-refractivity contribution in [1.29, 1.82) is 0 Å². The van der Waals surface area contributed by atoms with E-state index in [1.165, 1.54) is 0 Å². The number of aryl methyl sites for hydroxylation is 1. The molecule has 3 nitrogen and oxygen atoms in total. The van der Waals surface area contributed by atoms with Gasteiger partial charge in [-0.25, -0.2) is 9.97 Å². The Kier molecular flexibility index (Phi) is 6.20. The normalized spacial score (nSPS) is 10.6. The number of aromatic nitrogens is 2. The van der Waals surface area contributed by atoms with Crippen LogP contribution < -0.4 is 0 Å². The molecule has 0 amide bonds. The number of hydrogen-bond donors (Lipinski definition) is 0. The zero-order valence-electron chi connectivity index (χ0n) is 8.99. The van der Waals surface area contributed by atoms with E-state index in [4.69, 9.17) is 4.74 Å². The SMILES string of the molecule is CCc1nc(Br)cc(SCCCOC)n1. The van der Waals surface area contributed by atoms with Crippen LogP contribution in [0.2, 0.25) is 0 Å². The second kappa shape index (κ2) is 7.19. The minimum Gasteiger partial charge on any atom is -0.385 e. The molecular weight excluding hydrogens is 276 g/mol. The summed E-state index contributed by atoms with van der Waals surface area (Å²) < 4.78 is 5.86. The molecule has 84 valence electrons. The average molecular weight is 291 g/mol. The van der Waals surface area contributed by atoms with E-state index in [0.29, 0.717) is 0 Å². The van der Waals surface area contributed by atoms with Gasteiger partial charge in [-0.15, -0.1) is 11.8 Å². The fraction of sp³-hybridized carbons (Fsp3) is 0.600. The molecule has 1 heterocycles. The number of hydrogen-bond acceptors (Lipinski definition) is 4. The molecule has 15 heavy (non-hydrogen) atoms. The van der Waals surface area contributed by atoms with E-state index in [-0.39, 0.29) is 0 Å². The van der Waals surface area contributed by atoms with Crippen molar-refractivity contribution >= 4 is 27.7 Å². The summed E-state index contributed by atoms with van der Waals surface area (Å²) >= 11 is 5.13. The number of thioether (sulfide) groups is 1.